The summed E-state index contributed by atoms with van der Waals surface area (Å²) in [7, 11) is 0. The van der Waals surface area contributed by atoms with Crippen LogP contribution in [0, 0.1) is 0 Å². The molecule has 0 atom stereocenters. The summed E-state index contributed by atoms with van der Waals surface area (Å²) in [5, 5.41) is 13.2. The van der Waals surface area contributed by atoms with Gasteiger partial charge in [0.2, 0.25) is 0 Å². The number of hydrogen-bond donors (Lipinski definition) is 2. The maximum atomic E-state index is 11.7. The van der Waals surface area contributed by atoms with Crippen molar-refractivity contribution < 1.29 is 14.6 Å². The van der Waals surface area contributed by atoms with Gasteiger partial charge in [0.15, 0.2) is 6.61 Å². The van der Waals surface area contributed by atoms with Crippen molar-refractivity contribution in [1.82, 2.24) is 5.43 Å². The SMILES string of the molecule is CC(=NNC(=O)COc1ccc(Br)cc1)c1ccc(O)cc1. The van der Waals surface area contributed by atoms with Gasteiger partial charge in [0, 0.05) is 4.47 Å². The topological polar surface area (TPSA) is 70.9 Å². The zero-order valence-corrected chi connectivity index (χ0v) is 13.5. The first-order valence-electron chi connectivity index (χ1n) is 6.55. The molecule has 2 rings (SSSR count). The number of nitrogens with zero attached hydrogens (tertiary/aromatic N) is 1. The van der Waals surface area contributed by atoms with Gasteiger partial charge in [-0.05, 0) is 61.0 Å². The van der Waals surface area contributed by atoms with Gasteiger partial charge in [-0.15, -0.1) is 0 Å². The average molecular weight is 363 g/mol. The molecule has 0 saturated carbocycles. The number of hydrazone groups is 1. The highest BCUT2D eigenvalue weighted by atomic mass is 79.9. The van der Waals surface area contributed by atoms with Crippen molar-refractivity contribution in [2.75, 3.05) is 6.61 Å². The van der Waals surface area contributed by atoms with Crippen molar-refractivity contribution in [3.05, 3.63) is 58.6 Å². The molecule has 2 aromatic rings. The molecule has 0 saturated heterocycles. The third-order valence-electron chi connectivity index (χ3n) is 2.82. The number of aromatic hydroxyl groups is 1. The van der Waals surface area contributed by atoms with Crippen LogP contribution in [0.5, 0.6) is 11.5 Å². The van der Waals surface area contributed by atoms with Crippen molar-refractivity contribution in [1.29, 1.82) is 0 Å². The van der Waals surface area contributed by atoms with Crippen molar-refractivity contribution in [2.45, 2.75) is 6.92 Å². The second-order valence-electron chi connectivity index (χ2n) is 4.52. The van der Waals surface area contributed by atoms with Crippen LogP contribution >= 0.6 is 15.9 Å². The van der Waals surface area contributed by atoms with E-state index in [1.807, 2.05) is 12.1 Å². The lowest BCUT2D eigenvalue weighted by Gasteiger charge is -2.06. The van der Waals surface area contributed by atoms with Gasteiger partial charge in [-0.1, -0.05) is 15.9 Å². The number of hydrogen-bond acceptors (Lipinski definition) is 4. The van der Waals surface area contributed by atoms with Crippen LogP contribution in [0.25, 0.3) is 0 Å². The van der Waals surface area contributed by atoms with E-state index in [1.54, 1.807) is 43.3 Å². The number of benzene rings is 2. The predicted molar refractivity (Wildman–Crippen MR) is 88.1 cm³/mol. The molecule has 0 aliphatic carbocycles. The summed E-state index contributed by atoms with van der Waals surface area (Å²) < 4.78 is 6.28. The molecule has 0 fully saturated rings. The Morgan fingerprint density at radius 3 is 2.45 bits per heavy atom. The Bertz CT molecular complexity index is 667. The maximum absolute atomic E-state index is 11.7. The third kappa shape index (κ3) is 4.89. The van der Waals surface area contributed by atoms with Crippen LogP contribution in [0.4, 0.5) is 0 Å². The Kier molecular flexibility index (Phi) is 5.55. The molecule has 1 amide bonds. The van der Waals surface area contributed by atoms with E-state index in [9.17, 15) is 9.90 Å². The minimum absolute atomic E-state index is 0.117. The molecule has 0 bridgehead atoms. The number of carbonyl (C=O) groups excluding carboxylic acids is 1. The third-order valence-corrected chi connectivity index (χ3v) is 3.35. The summed E-state index contributed by atoms with van der Waals surface area (Å²) in [6.45, 7) is 1.65. The van der Waals surface area contributed by atoms with E-state index in [1.165, 1.54) is 0 Å². The summed E-state index contributed by atoms with van der Waals surface area (Å²) in [5.74, 6) is 0.446. The molecule has 0 heterocycles. The molecule has 0 aromatic heterocycles. The Hall–Kier alpha value is -2.34. The van der Waals surface area contributed by atoms with E-state index < -0.39 is 0 Å². The average Bonchev–Trinajstić information content (AvgIpc) is 2.52. The molecular weight excluding hydrogens is 348 g/mol. The van der Waals surface area contributed by atoms with Crippen LogP contribution in [0.3, 0.4) is 0 Å². The zero-order chi connectivity index (χ0) is 15.9. The highest BCUT2D eigenvalue weighted by Gasteiger charge is 2.03. The molecule has 5 nitrogen and oxygen atoms in total. The van der Waals surface area contributed by atoms with E-state index in [0.717, 1.165) is 10.0 Å². The van der Waals surface area contributed by atoms with Crippen LogP contribution in [-0.4, -0.2) is 23.3 Å². The minimum atomic E-state index is -0.346. The fourth-order valence-electron chi connectivity index (χ4n) is 1.63. The highest BCUT2D eigenvalue weighted by molar-refractivity contribution is 9.10. The molecule has 0 spiro atoms. The Labute approximate surface area is 136 Å². The second kappa shape index (κ2) is 7.61. The fraction of sp³-hybridized carbons (Fsp3) is 0.125. The van der Waals surface area contributed by atoms with Gasteiger partial charge in [-0.3, -0.25) is 4.79 Å². The molecule has 114 valence electrons. The van der Waals surface area contributed by atoms with Gasteiger partial charge in [-0.2, -0.15) is 5.10 Å². The molecule has 2 aromatic carbocycles. The largest absolute Gasteiger partial charge is 0.508 e. The van der Waals surface area contributed by atoms with E-state index in [4.69, 9.17) is 4.74 Å². The normalized spacial score (nSPS) is 11.1. The highest BCUT2D eigenvalue weighted by Crippen LogP contribution is 2.15. The van der Waals surface area contributed by atoms with Gasteiger partial charge in [0.1, 0.15) is 11.5 Å². The van der Waals surface area contributed by atoms with E-state index >= 15 is 0 Å². The van der Waals surface area contributed by atoms with E-state index in [2.05, 4.69) is 26.5 Å². The lowest BCUT2D eigenvalue weighted by Crippen LogP contribution is -2.25. The number of nitrogens with one attached hydrogen (secondary N) is 1. The van der Waals surface area contributed by atoms with Crippen LogP contribution < -0.4 is 10.2 Å². The van der Waals surface area contributed by atoms with Crippen molar-refractivity contribution in [2.24, 2.45) is 5.10 Å². The first-order valence-corrected chi connectivity index (χ1v) is 7.35. The summed E-state index contributed by atoms with van der Waals surface area (Å²) in [4.78, 5) is 11.7. The Morgan fingerprint density at radius 2 is 1.82 bits per heavy atom. The quantitative estimate of drug-likeness (QED) is 0.634. The molecule has 0 unspecified atom stereocenters. The lowest BCUT2D eigenvalue weighted by molar-refractivity contribution is -0.123. The van der Waals surface area contributed by atoms with E-state index in [-0.39, 0.29) is 18.3 Å². The summed E-state index contributed by atoms with van der Waals surface area (Å²) in [5.41, 5.74) is 3.88. The van der Waals surface area contributed by atoms with Crippen LogP contribution in [0.1, 0.15) is 12.5 Å². The first kappa shape index (κ1) is 16.0. The smallest absolute Gasteiger partial charge is 0.277 e. The van der Waals surface area contributed by atoms with Crippen LogP contribution in [0.2, 0.25) is 0 Å². The van der Waals surface area contributed by atoms with E-state index in [0.29, 0.717) is 11.5 Å². The lowest BCUT2D eigenvalue weighted by atomic mass is 10.1. The van der Waals surface area contributed by atoms with Gasteiger partial charge in [-0.25, -0.2) is 5.43 Å². The summed E-state index contributed by atoms with van der Waals surface area (Å²) in [6.07, 6.45) is 0. The van der Waals surface area contributed by atoms with Crippen LogP contribution in [0.15, 0.2) is 58.1 Å². The van der Waals surface area contributed by atoms with Crippen molar-refractivity contribution >= 4 is 27.5 Å². The maximum Gasteiger partial charge on any atom is 0.277 e. The number of amides is 1. The van der Waals surface area contributed by atoms with Crippen molar-refractivity contribution in [3.63, 3.8) is 0 Å². The predicted octanol–water partition coefficient (Wildman–Crippen LogP) is 3.07. The van der Waals surface area contributed by atoms with Gasteiger partial charge < -0.3 is 9.84 Å². The summed E-state index contributed by atoms with van der Waals surface area (Å²) in [6, 6.07) is 13.8. The summed E-state index contributed by atoms with van der Waals surface area (Å²) >= 11 is 3.32. The van der Waals surface area contributed by atoms with Gasteiger partial charge >= 0.3 is 0 Å². The van der Waals surface area contributed by atoms with Crippen LogP contribution in [-0.2, 0) is 4.79 Å². The molecule has 0 aliphatic rings. The molecule has 6 heteroatoms. The minimum Gasteiger partial charge on any atom is -0.508 e. The molecular formula is C16H15BrN2O3. The number of rotatable bonds is 5. The Morgan fingerprint density at radius 1 is 1.18 bits per heavy atom. The number of ether oxygens (including phenoxy) is 1. The zero-order valence-electron chi connectivity index (χ0n) is 11.9. The standard InChI is InChI=1S/C16H15BrN2O3/c1-11(12-2-6-14(20)7-3-12)18-19-16(21)10-22-15-8-4-13(17)5-9-15/h2-9,20H,10H2,1H3,(H,19,21). The monoisotopic (exact) mass is 362 g/mol. The Balaban J connectivity index is 1.85. The number of halogens is 1. The fourth-order valence-corrected chi connectivity index (χ4v) is 1.89. The van der Waals surface area contributed by atoms with Gasteiger partial charge in [0.05, 0.1) is 5.71 Å². The number of phenolic OH excluding ortho intramolecular Hbond substituents is 1. The van der Waals surface area contributed by atoms with Crippen molar-refractivity contribution in [3.8, 4) is 11.5 Å². The molecule has 0 aliphatic heterocycles. The molecule has 22 heavy (non-hydrogen) atoms. The number of phenols is 1. The molecule has 0 radical (unpaired) electrons. The molecule has 2 N–H and O–H groups in total. The number of carbonyl (C=O) groups is 1. The van der Waals surface area contributed by atoms with Gasteiger partial charge in [0.25, 0.3) is 5.91 Å². The first-order chi connectivity index (χ1) is 10.5. The second-order valence-corrected chi connectivity index (χ2v) is 5.44.